The minimum Gasteiger partial charge on any atom is 1.00 e. The third-order valence-electron chi connectivity index (χ3n) is 9.32. The molecular formula is C48H32CuF6N4P-4. The molecule has 60 heavy (non-hydrogen) atoms. The van der Waals surface area contributed by atoms with Crippen molar-refractivity contribution in [1.82, 2.24) is 0 Å². The number of hydrogen-bond acceptors (Lipinski definition) is 0. The van der Waals surface area contributed by atoms with E-state index in [0.29, 0.717) is 0 Å². The van der Waals surface area contributed by atoms with Gasteiger partial charge >= 0.3 is 50.1 Å². The van der Waals surface area contributed by atoms with Gasteiger partial charge in [-0.05, 0) is 43.1 Å². The van der Waals surface area contributed by atoms with Crippen LogP contribution in [0.5, 0.6) is 0 Å². The molecule has 12 heteroatoms. The van der Waals surface area contributed by atoms with Crippen molar-refractivity contribution in [3.63, 3.8) is 0 Å². The number of rotatable bonds is 4. The number of nitrogens with zero attached hydrogens (tertiary/aromatic N) is 4. The Hall–Kier alpha value is -6.51. The summed E-state index contributed by atoms with van der Waals surface area (Å²) in [6.45, 7) is 0. The first-order valence-corrected chi connectivity index (χ1v) is 20.4. The molecule has 0 atom stereocenters. The summed E-state index contributed by atoms with van der Waals surface area (Å²) in [5.74, 6) is 0. The number of benzene rings is 6. The van der Waals surface area contributed by atoms with Gasteiger partial charge in [0.1, 0.15) is 0 Å². The van der Waals surface area contributed by atoms with Crippen molar-refractivity contribution in [2.24, 2.45) is 0 Å². The summed E-state index contributed by atoms with van der Waals surface area (Å²) in [6, 6.07) is 49.5. The van der Waals surface area contributed by atoms with Crippen LogP contribution in [0.25, 0.3) is 68.4 Å². The van der Waals surface area contributed by atoms with Crippen LogP contribution < -0.4 is 20.9 Å². The van der Waals surface area contributed by atoms with Crippen molar-refractivity contribution in [3.8, 4) is 0 Å². The van der Waals surface area contributed by atoms with Crippen LogP contribution in [0.1, 0.15) is 22.3 Å². The Bertz CT molecular complexity index is 2570. The zero-order valence-electron chi connectivity index (χ0n) is 31.3. The molecule has 4 aliphatic rings. The molecule has 306 valence electrons. The van der Waals surface area contributed by atoms with Gasteiger partial charge in [-0.1, -0.05) is 194 Å². The number of halogens is 6. The molecule has 4 nitrogen and oxygen atoms in total. The second-order valence-electron chi connectivity index (χ2n) is 13.6. The van der Waals surface area contributed by atoms with Crippen LogP contribution in [0.3, 0.4) is 0 Å². The summed E-state index contributed by atoms with van der Waals surface area (Å²) in [4.78, 5) is 0. The van der Waals surface area contributed by atoms with Crippen LogP contribution >= 0.6 is 7.81 Å². The van der Waals surface area contributed by atoms with E-state index in [-0.39, 0.29) is 17.1 Å². The van der Waals surface area contributed by atoms with E-state index in [1.807, 2.05) is 72.8 Å². The number of hydrogen-bond donors (Lipinski definition) is 0. The molecule has 0 amide bonds. The van der Waals surface area contributed by atoms with E-state index in [1.165, 1.54) is 0 Å². The summed E-state index contributed by atoms with van der Waals surface area (Å²) in [6.07, 6.45) is 16.8. The van der Waals surface area contributed by atoms with Crippen molar-refractivity contribution < 1.29 is 42.3 Å². The molecule has 0 bridgehead atoms. The van der Waals surface area contributed by atoms with Gasteiger partial charge in [-0.3, -0.25) is 0 Å². The van der Waals surface area contributed by atoms with E-state index in [4.69, 9.17) is 21.3 Å². The van der Waals surface area contributed by atoms with Crippen LogP contribution in [0, 0.1) is 0 Å². The van der Waals surface area contributed by atoms with Gasteiger partial charge in [0, 0.05) is 0 Å². The van der Waals surface area contributed by atoms with E-state index in [2.05, 4.69) is 121 Å². The van der Waals surface area contributed by atoms with Crippen molar-refractivity contribution in [3.05, 3.63) is 234 Å². The maximum Gasteiger partial charge on any atom is 1.00 e. The fourth-order valence-corrected chi connectivity index (χ4v) is 6.61. The van der Waals surface area contributed by atoms with Gasteiger partial charge in [-0.2, -0.15) is 0 Å². The van der Waals surface area contributed by atoms with Crippen molar-refractivity contribution in [2.75, 3.05) is 0 Å². The maximum absolute atomic E-state index is 10.7. The summed E-state index contributed by atoms with van der Waals surface area (Å²) < 4.78 is 59.2. The molecule has 0 aliphatic carbocycles. The fourth-order valence-electron chi connectivity index (χ4n) is 6.61. The predicted molar refractivity (Wildman–Crippen MR) is 233 cm³/mol. The topological polar surface area (TPSA) is 56.4 Å². The molecule has 6 aromatic carbocycles. The van der Waals surface area contributed by atoms with Crippen molar-refractivity contribution in [1.29, 1.82) is 0 Å². The Labute approximate surface area is 352 Å². The molecule has 10 rings (SSSR count). The Balaban J connectivity index is 0.000000155. The Morgan fingerprint density at radius 1 is 0.267 bits per heavy atom. The second kappa shape index (κ2) is 16.3. The normalized spacial score (nSPS) is 15.1. The molecule has 0 saturated carbocycles. The quantitative estimate of drug-likeness (QED) is 0.0963. The van der Waals surface area contributed by atoms with Crippen LogP contribution in [0.2, 0.25) is 0 Å². The van der Waals surface area contributed by atoms with Gasteiger partial charge in [0.15, 0.2) is 0 Å². The molecule has 4 heterocycles. The van der Waals surface area contributed by atoms with Gasteiger partial charge < -0.3 is 21.3 Å². The van der Waals surface area contributed by atoms with Crippen LogP contribution in [0.15, 0.2) is 170 Å². The largest absolute Gasteiger partial charge is 1.00 e. The summed E-state index contributed by atoms with van der Waals surface area (Å²) in [5.41, 5.74) is 12.1. The molecule has 0 fully saturated rings. The molecule has 0 unspecified atom stereocenters. The smallest absolute Gasteiger partial charge is 1.00 e. The average molecular weight is 873 g/mol. The molecule has 0 spiro atoms. The molecule has 4 aliphatic heterocycles. The second-order valence-corrected chi connectivity index (χ2v) is 15.5. The Kier molecular flexibility index (Phi) is 11.3. The van der Waals surface area contributed by atoms with Crippen LogP contribution in [0.4, 0.5) is 47.9 Å². The fraction of sp³-hybridized carbons (Fsp3) is 0. The predicted octanol–water partition coefficient (Wildman–Crippen LogP) is 14.1. The Morgan fingerprint density at radius 3 is 0.633 bits per heavy atom. The van der Waals surface area contributed by atoms with Gasteiger partial charge in [-0.25, -0.2) is 0 Å². The zero-order chi connectivity index (χ0) is 41.1. The van der Waals surface area contributed by atoms with E-state index in [1.54, 1.807) is 0 Å². The van der Waals surface area contributed by atoms with Crippen LogP contribution in [-0.4, -0.2) is 0 Å². The average Bonchev–Trinajstić information content (AvgIpc) is 3.26. The minimum absolute atomic E-state index is 0. The van der Waals surface area contributed by atoms with Gasteiger partial charge in [0.05, 0.1) is 0 Å². The molecule has 0 aromatic heterocycles. The third-order valence-corrected chi connectivity index (χ3v) is 9.32. The molecule has 0 radical (unpaired) electrons. The SMILES string of the molecule is C1=C(c2ccccc2)[N-]c2c3c(ccc2=C1)=CC=C(c1ccccc1)[N-]3.C1=C(c2ccccc2)[N-]c2c3c(ccc2=C1)=CC=C(c1ccccc1)[N-]3.F[P-](F)(F)(F)(F)F.[Cu+]. The van der Waals surface area contributed by atoms with Crippen molar-refractivity contribution >= 4 is 77.7 Å². The summed E-state index contributed by atoms with van der Waals surface area (Å²) >= 11 is 0. The summed E-state index contributed by atoms with van der Waals surface area (Å²) in [5, 5.41) is 24.2. The van der Waals surface area contributed by atoms with Crippen LogP contribution in [-0.2, 0) is 17.1 Å². The van der Waals surface area contributed by atoms with E-state index in [0.717, 1.165) is 88.7 Å². The van der Waals surface area contributed by atoms with Gasteiger partial charge in [-0.15, -0.1) is 45.5 Å². The zero-order valence-corrected chi connectivity index (χ0v) is 33.1. The van der Waals surface area contributed by atoms with Gasteiger partial charge in [0.25, 0.3) is 0 Å². The minimum atomic E-state index is -10.7. The Morgan fingerprint density at radius 2 is 0.450 bits per heavy atom. The third kappa shape index (κ3) is 10.6. The van der Waals surface area contributed by atoms with Gasteiger partial charge in [0.2, 0.25) is 0 Å². The number of allylic oxidation sites excluding steroid dienone is 4. The van der Waals surface area contributed by atoms with E-state index >= 15 is 0 Å². The monoisotopic (exact) mass is 872 g/mol. The van der Waals surface area contributed by atoms with E-state index < -0.39 is 7.81 Å². The first-order chi connectivity index (χ1) is 28.2. The molecule has 6 aromatic rings. The maximum atomic E-state index is 9.87. The molecule has 0 saturated heterocycles. The summed E-state index contributed by atoms with van der Waals surface area (Å²) in [7, 11) is -10.7. The number of fused-ring (bicyclic) bond motifs is 6. The molecular weight excluding hydrogens is 841 g/mol. The van der Waals surface area contributed by atoms with E-state index in [9.17, 15) is 25.2 Å². The molecule has 0 N–H and O–H groups in total. The first-order valence-electron chi connectivity index (χ1n) is 18.4. The first kappa shape index (κ1) is 41.6. The standard InChI is InChI=1S/2C24H16N2.Cu.F6P/c2*1-3-7-17(8-4-1)21-15-13-19-11-12-20-14-16-22(18-9-5-2-6-10-18)26-24(20)23(19)25-21;;1-7(2,3,4,5)6/h2*1-16H;;/q2*-2;+1;-1. The van der Waals surface area contributed by atoms with Crippen molar-refractivity contribution in [2.45, 2.75) is 0 Å².